The van der Waals surface area contributed by atoms with Gasteiger partial charge in [0.05, 0.1) is 0 Å². The van der Waals surface area contributed by atoms with Gasteiger partial charge in [0.2, 0.25) is 5.91 Å². The van der Waals surface area contributed by atoms with Crippen molar-refractivity contribution < 1.29 is 9.59 Å². The maximum atomic E-state index is 12.8. The van der Waals surface area contributed by atoms with Gasteiger partial charge in [0, 0.05) is 5.69 Å². The van der Waals surface area contributed by atoms with Gasteiger partial charge >= 0.3 is 0 Å². The van der Waals surface area contributed by atoms with Gasteiger partial charge in [-0.05, 0) is 49.3 Å². The van der Waals surface area contributed by atoms with Crippen LogP contribution in [0.2, 0.25) is 0 Å². The zero-order valence-electron chi connectivity index (χ0n) is 12.6. The van der Waals surface area contributed by atoms with Gasteiger partial charge in [-0.3, -0.25) is 14.5 Å². The van der Waals surface area contributed by atoms with Crippen LogP contribution in [-0.2, 0) is 16.0 Å². The number of rotatable bonds is 4. The first-order valence-electron chi connectivity index (χ1n) is 7.88. The SMILES string of the molecule is CCc1ccc(N2C(=O)C(C3CC3)NC(=O)C2CC)cc1. The molecule has 2 unspecified atom stereocenters. The van der Waals surface area contributed by atoms with E-state index in [4.69, 9.17) is 0 Å². The molecule has 1 aliphatic heterocycles. The van der Waals surface area contributed by atoms with Crippen molar-refractivity contribution in [3.8, 4) is 0 Å². The third-order valence-corrected chi connectivity index (χ3v) is 4.52. The second kappa shape index (κ2) is 5.51. The number of hydrogen-bond acceptors (Lipinski definition) is 2. The maximum absolute atomic E-state index is 12.8. The zero-order valence-corrected chi connectivity index (χ0v) is 12.6. The zero-order chi connectivity index (χ0) is 15.0. The number of anilines is 1. The number of piperazine rings is 1. The Labute approximate surface area is 125 Å². The molecule has 1 aromatic carbocycles. The first-order chi connectivity index (χ1) is 10.2. The number of nitrogens with one attached hydrogen (secondary N) is 1. The summed E-state index contributed by atoms with van der Waals surface area (Å²) >= 11 is 0. The van der Waals surface area contributed by atoms with Crippen molar-refractivity contribution in [2.45, 2.75) is 51.6 Å². The lowest BCUT2D eigenvalue weighted by Crippen LogP contribution is -2.64. The monoisotopic (exact) mass is 286 g/mol. The van der Waals surface area contributed by atoms with Crippen LogP contribution < -0.4 is 10.2 Å². The van der Waals surface area contributed by atoms with E-state index in [1.165, 1.54) is 5.56 Å². The Kier molecular flexibility index (Phi) is 3.70. The highest BCUT2D eigenvalue weighted by molar-refractivity contribution is 6.08. The largest absolute Gasteiger partial charge is 0.342 e. The second-order valence-electron chi connectivity index (χ2n) is 5.98. The van der Waals surface area contributed by atoms with E-state index >= 15 is 0 Å². The molecule has 1 aliphatic carbocycles. The van der Waals surface area contributed by atoms with E-state index in [0.29, 0.717) is 12.3 Å². The van der Waals surface area contributed by atoms with E-state index in [9.17, 15) is 9.59 Å². The van der Waals surface area contributed by atoms with Gasteiger partial charge in [0.1, 0.15) is 12.1 Å². The molecule has 1 aromatic rings. The van der Waals surface area contributed by atoms with E-state index in [1.807, 2.05) is 31.2 Å². The lowest BCUT2D eigenvalue weighted by atomic mass is 10.0. The topological polar surface area (TPSA) is 49.4 Å². The summed E-state index contributed by atoms with van der Waals surface area (Å²) < 4.78 is 0. The number of hydrogen-bond donors (Lipinski definition) is 1. The summed E-state index contributed by atoms with van der Waals surface area (Å²) in [4.78, 5) is 26.8. The summed E-state index contributed by atoms with van der Waals surface area (Å²) in [7, 11) is 0. The van der Waals surface area contributed by atoms with Crippen LogP contribution in [0.5, 0.6) is 0 Å². The average molecular weight is 286 g/mol. The van der Waals surface area contributed by atoms with Crippen molar-refractivity contribution in [3.63, 3.8) is 0 Å². The van der Waals surface area contributed by atoms with Crippen LogP contribution in [-0.4, -0.2) is 23.9 Å². The molecule has 1 saturated heterocycles. The van der Waals surface area contributed by atoms with Crippen molar-refractivity contribution in [1.29, 1.82) is 0 Å². The number of benzene rings is 1. The summed E-state index contributed by atoms with van der Waals surface area (Å²) in [5.41, 5.74) is 2.07. The van der Waals surface area contributed by atoms with Crippen molar-refractivity contribution >= 4 is 17.5 Å². The minimum atomic E-state index is -0.389. The number of carbonyl (C=O) groups is 2. The summed E-state index contributed by atoms with van der Waals surface area (Å²) in [6, 6.07) is 7.28. The summed E-state index contributed by atoms with van der Waals surface area (Å²) in [6.07, 6.45) is 3.67. The molecule has 1 N–H and O–H groups in total. The Balaban J connectivity index is 1.93. The summed E-state index contributed by atoms with van der Waals surface area (Å²) in [6.45, 7) is 4.05. The lowest BCUT2D eigenvalue weighted by molar-refractivity contribution is -0.134. The molecule has 2 atom stereocenters. The molecule has 2 aliphatic rings. The van der Waals surface area contributed by atoms with Gasteiger partial charge < -0.3 is 5.32 Å². The van der Waals surface area contributed by atoms with E-state index in [2.05, 4.69) is 12.2 Å². The summed E-state index contributed by atoms with van der Waals surface area (Å²) in [5.74, 6) is 0.360. The quantitative estimate of drug-likeness (QED) is 0.923. The van der Waals surface area contributed by atoms with E-state index in [0.717, 1.165) is 24.9 Å². The third kappa shape index (κ3) is 2.55. The Bertz CT molecular complexity index is 548. The molecule has 2 amide bonds. The summed E-state index contributed by atoms with van der Waals surface area (Å²) in [5, 5.41) is 2.92. The minimum Gasteiger partial charge on any atom is -0.342 e. The van der Waals surface area contributed by atoms with Crippen LogP contribution in [0.4, 0.5) is 5.69 Å². The number of nitrogens with zero attached hydrogens (tertiary/aromatic N) is 1. The van der Waals surface area contributed by atoms with Gasteiger partial charge in [-0.25, -0.2) is 0 Å². The molecular formula is C17H22N2O2. The standard InChI is InChI=1S/C17H22N2O2/c1-3-11-5-9-13(10-6-11)19-14(4-2)16(20)18-15(17(19)21)12-7-8-12/h5-6,9-10,12,14-15H,3-4,7-8H2,1-2H3,(H,18,20). The van der Waals surface area contributed by atoms with E-state index < -0.39 is 0 Å². The van der Waals surface area contributed by atoms with Crippen molar-refractivity contribution in [2.24, 2.45) is 5.92 Å². The molecule has 2 fully saturated rings. The van der Waals surface area contributed by atoms with Gasteiger partial charge in [-0.2, -0.15) is 0 Å². The predicted octanol–water partition coefficient (Wildman–Crippen LogP) is 2.27. The third-order valence-electron chi connectivity index (χ3n) is 4.52. The van der Waals surface area contributed by atoms with Gasteiger partial charge in [-0.1, -0.05) is 26.0 Å². The van der Waals surface area contributed by atoms with Crippen LogP contribution in [0.15, 0.2) is 24.3 Å². The van der Waals surface area contributed by atoms with Crippen LogP contribution in [0.1, 0.15) is 38.7 Å². The Hall–Kier alpha value is -1.84. The molecule has 1 saturated carbocycles. The highest BCUT2D eigenvalue weighted by atomic mass is 16.2. The predicted molar refractivity (Wildman–Crippen MR) is 82.0 cm³/mol. The van der Waals surface area contributed by atoms with Crippen LogP contribution >= 0.6 is 0 Å². The van der Waals surface area contributed by atoms with Gasteiger partial charge in [-0.15, -0.1) is 0 Å². The van der Waals surface area contributed by atoms with E-state index in [-0.39, 0.29) is 23.9 Å². The fourth-order valence-electron chi connectivity index (χ4n) is 3.05. The first-order valence-corrected chi connectivity index (χ1v) is 7.88. The minimum absolute atomic E-state index is 0.0198. The van der Waals surface area contributed by atoms with Crippen LogP contribution in [0.25, 0.3) is 0 Å². The fourth-order valence-corrected chi connectivity index (χ4v) is 3.05. The van der Waals surface area contributed by atoms with Crippen molar-refractivity contribution in [1.82, 2.24) is 5.32 Å². The van der Waals surface area contributed by atoms with Gasteiger partial charge in [0.25, 0.3) is 5.91 Å². The Morgan fingerprint density at radius 1 is 1.14 bits per heavy atom. The molecule has 0 bridgehead atoms. The first kappa shape index (κ1) is 14.1. The average Bonchev–Trinajstić information content (AvgIpc) is 3.33. The number of aryl methyl sites for hydroxylation is 1. The molecule has 112 valence electrons. The normalized spacial score (nSPS) is 25.9. The fraction of sp³-hybridized carbons (Fsp3) is 0.529. The van der Waals surface area contributed by atoms with Crippen molar-refractivity contribution in [2.75, 3.05) is 4.90 Å². The van der Waals surface area contributed by atoms with Crippen LogP contribution in [0.3, 0.4) is 0 Å². The molecule has 0 spiro atoms. The maximum Gasteiger partial charge on any atom is 0.250 e. The molecule has 4 heteroatoms. The highest BCUT2D eigenvalue weighted by Gasteiger charge is 2.46. The molecule has 21 heavy (non-hydrogen) atoms. The Morgan fingerprint density at radius 2 is 1.81 bits per heavy atom. The second-order valence-corrected chi connectivity index (χ2v) is 5.98. The van der Waals surface area contributed by atoms with Crippen molar-refractivity contribution in [3.05, 3.63) is 29.8 Å². The number of amides is 2. The number of carbonyl (C=O) groups excluding carboxylic acids is 2. The molecule has 1 heterocycles. The molecule has 0 radical (unpaired) electrons. The van der Waals surface area contributed by atoms with Crippen LogP contribution in [0, 0.1) is 5.92 Å². The Morgan fingerprint density at radius 3 is 2.33 bits per heavy atom. The lowest BCUT2D eigenvalue weighted by Gasteiger charge is -2.38. The van der Waals surface area contributed by atoms with E-state index in [1.54, 1.807) is 4.90 Å². The molecular weight excluding hydrogens is 264 g/mol. The molecule has 3 rings (SSSR count). The smallest absolute Gasteiger partial charge is 0.250 e. The highest BCUT2D eigenvalue weighted by Crippen LogP contribution is 2.36. The molecule has 4 nitrogen and oxygen atoms in total. The molecule has 0 aromatic heterocycles. The van der Waals surface area contributed by atoms with Gasteiger partial charge in [0.15, 0.2) is 0 Å².